The maximum atomic E-state index is 12.8. The van der Waals surface area contributed by atoms with Gasteiger partial charge in [0.15, 0.2) is 12.2 Å². The van der Waals surface area contributed by atoms with E-state index in [-0.39, 0.29) is 32.0 Å². The summed E-state index contributed by atoms with van der Waals surface area (Å²) >= 11 is 0. The van der Waals surface area contributed by atoms with Gasteiger partial charge in [-0.15, -0.1) is 0 Å². The number of hydrogen-bond donors (Lipinski definition) is 0. The van der Waals surface area contributed by atoms with Crippen LogP contribution in [0.1, 0.15) is 33.7 Å². The van der Waals surface area contributed by atoms with Gasteiger partial charge in [-0.1, -0.05) is 19.6 Å². The van der Waals surface area contributed by atoms with Crippen LogP contribution in [0.5, 0.6) is 17.2 Å². The topological polar surface area (TPSA) is 116 Å². The van der Waals surface area contributed by atoms with Crippen LogP contribution in [-0.2, 0) is 23.7 Å². The van der Waals surface area contributed by atoms with Gasteiger partial charge in [-0.3, -0.25) is 0 Å². The van der Waals surface area contributed by atoms with Crippen LogP contribution in [0.25, 0.3) is 6.08 Å². The van der Waals surface area contributed by atoms with Gasteiger partial charge in [0.1, 0.15) is 29.5 Å². The minimum Gasteiger partial charge on any atom is -0.497 e. The largest absolute Gasteiger partial charge is 0.497 e. The molecule has 2 saturated heterocycles. The number of fused-ring (bicyclic) bond motifs is 1. The smallest absolute Gasteiger partial charge is 0.343 e. The predicted octanol–water partition coefficient (Wildman–Crippen LogP) is 4.51. The lowest BCUT2D eigenvalue weighted by Crippen LogP contribution is -2.35. The third-order valence-electron chi connectivity index (χ3n) is 6.64. The third-order valence-corrected chi connectivity index (χ3v) is 6.64. The molecule has 0 N–H and O–H groups in total. The molecule has 2 aliphatic heterocycles. The zero-order valence-electron chi connectivity index (χ0n) is 22.4. The van der Waals surface area contributed by atoms with Crippen LogP contribution in [0.3, 0.4) is 0 Å². The predicted molar refractivity (Wildman–Crippen MR) is 152 cm³/mol. The van der Waals surface area contributed by atoms with Crippen molar-refractivity contribution in [3.8, 4) is 17.2 Å². The molecule has 3 aromatic rings. The monoisotopic (exact) mass is 576 g/mol. The van der Waals surface area contributed by atoms with E-state index in [1.54, 1.807) is 49.6 Å². The van der Waals surface area contributed by atoms with Crippen molar-refractivity contribution in [2.45, 2.75) is 31.8 Å². The first-order valence-electron chi connectivity index (χ1n) is 12.9. The van der Waals surface area contributed by atoms with E-state index in [1.165, 1.54) is 37.5 Å². The van der Waals surface area contributed by atoms with E-state index in [1.807, 2.05) is 12.1 Å². The quantitative estimate of drug-likeness (QED) is 0.205. The summed E-state index contributed by atoms with van der Waals surface area (Å²) < 4.78 is 38.3. The fourth-order valence-corrected chi connectivity index (χ4v) is 4.46. The summed E-state index contributed by atoms with van der Waals surface area (Å²) in [6, 6.07) is 19.8. The summed E-state index contributed by atoms with van der Waals surface area (Å²) in [4.78, 5) is 37.5. The highest BCUT2D eigenvalue weighted by Crippen LogP contribution is 2.31. The van der Waals surface area contributed by atoms with Gasteiger partial charge in [-0.05, 0) is 72.3 Å². The highest BCUT2D eigenvalue weighted by Gasteiger charge is 2.51. The Labute approximate surface area is 243 Å². The molecule has 0 saturated carbocycles. The number of carbonyl (C=O) groups is 3. The number of rotatable bonds is 9. The Bertz CT molecular complexity index is 1400. The number of ether oxygens (including phenoxy) is 7. The maximum Gasteiger partial charge on any atom is 0.343 e. The van der Waals surface area contributed by atoms with E-state index in [9.17, 15) is 14.4 Å². The fraction of sp³-hybridized carbons (Fsp3) is 0.281. The molecule has 0 amide bonds. The first-order valence-corrected chi connectivity index (χ1v) is 12.9. The molecule has 0 spiro atoms. The molecule has 0 aromatic heterocycles. The molecule has 5 rings (SSSR count). The number of esters is 3. The highest BCUT2D eigenvalue weighted by molar-refractivity contribution is 5.92. The van der Waals surface area contributed by atoms with Crippen LogP contribution in [0.4, 0.5) is 0 Å². The molecule has 42 heavy (non-hydrogen) atoms. The molecule has 2 aliphatic rings. The van der Waals surface area contributed by atoms with E-state index in [4.69, 9.17) is 33.2 Å². The normalized spacial score (nSPS) is 20.7. The number of carbonyl (C=O) groups excluding carboxylic acids is 3. The first kappa shape index (κ1) is 30.3. The molecule has 10 heteroatoms. The number of hydrogen-bond acceptors (Lipinski definition) is 10. The van der Waals surface area contributed by atoms with Crippen LogP contribution in [-0.4, -0.2) is 69.8 Å². The van der Waals surface area contributed by atoms with Crippen LogP contribution < -0.4 is 14.2 Å². The second-order valence-electron chi connectivity index (χ2n) is 9.26. The second kappa shape index (κ2) is 13.8. The number of methoxy groups -OCH3 is 2. The van der Waals surface area contributed by atoms with Crippen molar-refractivity contribution in [1.82, 2.24) is 0 Å². The van der Waals surface area contributed by atoms with Crippen LogP contribution >= 0.6 is 0 Å². The Morgan fingerprint density at radius 3 is 1.69 bits per heavy atom. The SMILES string of the molecule is C.COc1ccc(/C=C/C(=O)O[C@@H]2COC3C2OC[C@H]3OC(=O)c2ccc(OC(=O)c3ccc(OC)cc3)cc2)cc1. The van der Waals surface area contributed by atoms with Gasteiger partial charge in [0.2, 0.25) is 0 Å². The Hall–Kier alpha value is -4.67. The zero-order valence-corrected chi connectivity index (χ0v) is 22.4. The lowest BCUT2D eigenvalue weighted by atomic mass is 10.1. The Balaban J connectivity index is 0.00000405. The summed E-state index contributed by atoms with van der Waals surface area (Å²) in [5.74, 6) is -0.0410. The van der Waals surface area contributed by atoms with Crippen LogP contribution in [0.2, 0.25) is 0 Å². The molecule has 10 nitrogen and oxygen atoms in total. The molecule has 2 unspecified atom stereocenters. The van der Waals surface area contributed by atoms with Crippen molar-refractivity contribution < 1.29 is 47.5 Å². The van der Waals surface area contributed by atoms with E-state index in [2.05, 4.69) is 0 Å². The van der Waals surface area contributed by atoms with Gasteiger partial charge in [0.05, 0.1) is 38.6 Å². The number of benzene rings is 3. The third kappa shape index (κ3) is 7.15. The van der Waals surface area contributed by atoms with E-state index in [0.717, 1.165) is 11.3 Å². The standard InChI is InChI=1S/C31H28O10.CH4/c1-35-22-10-3-19(4-11-22)5-16-27(32)40-25-17-37-29-26(18-38-28(25)29)41-31(34)21-8-14-24(15-9-21)39-30(33)20-6-12-23(36-2)13-7-20;/h3-16,25-26,28-29H,17-18H2,1-2H3;1H4/b16-5+;/t25-,26-,28?,29?;/m1./s1. The van der Waals surface area contributed by atoms with E-state index < -0.39 is 42.3 Å². The van der Waals surface area contributed by atoms with Crippen molar-refractivity contribution >= 4 is 24.0 Å². The summed E-state index contributed by atoms with van der Waals surface area (Å²) in [6.45, 7) is 0.230. The van der Waals surface area contributed by atoms with Crippen molar-refractivity contribution in [2.24, 2.45) is 0 Å². The van der Waals surface area contributed by atoms with Gasteiger partial charge >= 0.3 is 17.9 Å². The summed E-state index contributed by atoms with van der Waals surface area (Å²) in [7, 11) is 3.12. The molecule has 0 bridgehead atoms. The molecule has 2 fully saturated rings. The fourth-order valence-electron chi connectivity index (χ4n) is 4.46. The van der Waals surface area contributed by atoms with Gasteiger partial charge < -0.3 is 33.2 Å². The minimum absolute atomic E-state index is 0. The Morgan fingerprint density at radius 1 is 0.667 bits per heavy atom. The molecule has 0 aliphatic carbocycles. The van der Waals surface area contributed by atoms with E-state index in [0.29, 0.717) is 11.3 Å². The highest BCUT2D eigenvalue weighted by atomic mass is 16.7. The molecular formula is C32H32O10. The first-order chi connectivity index (χ1) is 19.9. The van der Waals surface area contributed by atoms with Crippen molar-refractivity contribution in [1.29, 1.82) is 0 Å². The van der Waals surface area contributed by atoms with Gasteiger partial charge in [-0.25, -0.2) is 14.4 Å². The molecule has 2 heterocycles. The van der Waals surface area contributed by atoms with Crippen molar-refractivity contribution in [2.75, 3.05) is 27.4 Å². The molecule has 220 valence electrons. The zero-order chi connectivity index (χ0) is 28.8. The Kier molecular flexibility index (Phi) is 9.95. The minimum atomic E-state index is -0.668. The van der Waals surface area contributed by atoms with Gasteiger partial charge in [-0.2, -0.15) is 0 Å². The summed E-state index contributed by atoms with van der Waals surface area (Å²) in [6.07, 6.45) is 0.563. The average Bonchev–Trinajstić information content (AvgIpc) is 3.59. The van der Waals surface area contributed by atoms with Gasteiger partial charge in [0.25, 0.3) is 0 Å². The molecular weight excluding hydrogens is 544 g/mol. The average molecular weight is 577 g/mol. The van der Waals surface area contributed by atoms with E-state index >= 15 is 0 Å². The van der Waals surface area contributed by atoms with Crippen molar-refractivity contribution in [3.05, 3.63) is 95.6 Å². The van der Waals surface area contributed by atoms with Crippen LogP contribution in [0.15, 0.2) is 78.9 Å². The molecule has 4 atom stereocenters. The van der Waals surface area contributed by atoms with Crippen molar-refractivity contribution in [3.63, 3.8) is 0 Å². The molecule has 3 aromatic carbocycles. The van der Waals surface area contributed by atoms with Gasteiger partial charge in [0, 0.05) is 6.08 Å². The maximum absolute atomic E-state index is 12.8. The second-order valence-corrected chi connectivity index (χ2v) is 9.26. The Morgan fingerprint density at radius 2 is 1.14 bits per heavy atom. The summed E-state index contributed by atoms with van der Waals surface area (Å²) in [5.41, 5.74) is 1.44. The molecule has 0 radical (unpaired) electrons. The van der Waals surface area contributed by atoms with Crippen LogP contribution in [0, 0.1) is 0 Å². The lowest BCUT2D eigenvalue weighted by molar-refractivity contribution is -0.147. The lowest BCUT2D eigenvalue weighted by Gasteiger charge is -2.17. The summed E-state index contributed by atoms with van der Waals surface area (Å²) in [5, 5.41) is 0.